The number of nitrogens with one attached hydrogen (secondary N) is 1. The number of benzene rings is 1. The van der Waals surface area contributed by atoms with Crippen LogP contribution >= 0.6 is 0 Å². The van der Waals surface area contributed by atoms with E-state index in [9.17, 15) is 14.7 Å². The Labute approximate surface area is 207 Å². The van der Waals surface area contributed by atoms with E-state index in [2.05, 4.69) is 44.0 Å². The molecule has 188 valence electrons. The van der Waals surface area contributed by atoms with E-state index in [1.807, 2.05) is 11.1 Å². The van der Waals surface area contributed by atoms with E-state index in [1.165, 1.54) is 11.1 Å². The molecule has 1 aromatic carbocycles. The molecule has 1 aromatic heterocycles. The maximum atomic E-state index is 12.8. The third-order valence-corrected chi connectivity index (χ3v) is 8.09. The number of aromatic nitrogens is 2. The van der Waals surface area contributed by atoms with Crippen LogP contribution in [-0.2, 0) is 30.7 Å². The Hall–Kier alpha value is -2.71. The fourth-order valence-corrected chi connectivity index (χ4v) is 6.02. The fourth-order valence-electron chi connectivity index (χ4n) is 6.02. The Morgan fingerprint density at radius 1 is 1.09 bits per heavy atom. The summed E-state index contributed by atoms with van der Waals surface area (Å²) in [6, 6.07) is 8.46. The van der Waals surface area contributed by atoms with Crippen molar-refractivity contribution in [3.05, 3.63) is 53.1 Å². The van der Waals surface area contributed by atoms with E-state index in [1.54, 1.807) is 6.92 Å². The van der Waals surface area contributed by atoms with E-state index in [0.29, 0.717) is 24.1 Å². The molecular formula is C27H37N5O3. The van der Waals surface area contributed by atoms with Crippen LogP contribution in [0.2, 0.25) is 0 Å². The van der Waals surface area contributed by atoms with Gasteiger partial charge in [-0.3, -0.25) is 14.5 Å². The van der Waals surface area contributed by atoms with Crippen molar-refractivity contribution in [3.8, 4) is 0 Å². The van der Waals surface area contributed by atoms with E-state index in [4.69, 9.17) is 0 Å². The second kappa shape index (κ2) is 10.5. The first kappa shape index (κ1) is 24.0. The molecule has 35 heavy (non-hydrogen) atoms. The number of fused-ring (bicyclic) bond motifs is 2. The molecule has 2 amide bonds. The number of nitrogens with zero attached hydrogens (tertiary/aromatic N) is 4. The lowest BCUT2D eigenvalue weighted by Crippen LogP contribution is -2.42. The smallest absolute Gasteiger partial charge is 0.271 e. The van der Waals surface area contributed by atoms with Gasteiger partial charge >= 0.3 is 0 Å². The fraction of sp³-hybridized carbons (Fsp3) is 0.593. The van der Waals surface area contributed by atoms with E-state index in [-0.39, 0.29) is 18.4 Å². The van der Waals surface area contributed by atoms with Crippen LogP contribution in [0.15, 0.2) is 30.5 Å². The molecule has 1 fully saturated rings. The van der Waals surface area contributed by atoms with Crippen LogP contribution in [0.25, 0.3) is 0 Å². The van der Waals surface area contributed by atoms with Crippen LogP contribution < -0.4 is 5.32 Å². The normalized spacial score (nSPS) is 21.8. The molecule has 8 heteroatoms. The van der Waals surface area contributed by atoms with Crippen LogP contribution in [0, 0.1) is 11.8 Å². The molecule has 1 saturated heterocycles. The summed E-state index contributed by atoms with van der Waals surface area (Å²) >= 11 is 0. The van der Waals surface area contributed by atoms with Gasteiger partial charge in [-0.15, -0.1) is 0 Å². The average molecular weight is 480 g/mol. The largest absolute Gasteiger partial charge is 0.390 e. The summed E-state index contributed by atoms with van der Waals surface area (Å²) in [7, 11) is 0. The SMILES string of the molecule is CC(=O)N1CCC(C2CCc3nc(C(=O)NC[C@H](O)CN4CCc5ccccc5C4)cn3C2)CC1. The number of rotatable bonds is 6. The molecule has 0 aliphatic carbocycles. The predicted octanol–water partition coefficient (Wildman–Crippen LogP) is 1.85. The van der Waals surface area contributed by atoms with Gasteiger partial charge in [-0.25, -0.2) is 4.98 Å². The topological polar surface area (TPSA) is 90.7 Å². The van der Waals surface area contributed by atoms with Crippen molar-refractivity contribution in [2.24, 2.45) is 11.8 Å². The van der Waals surface area contributed by atoms with Gasteiger partial charge in [0.05, 0.1) is 6.10 Å². The third kappa shape index (κ3) is 5.59. The molecule has 5 rings (SSSR count). The number of β-amino-alcohol motifs (C(OH)–C–C–N with tert-alkyl or cyclic N) is 1. The number of piperidine rings is 1. The second-order valence-electron chi connectivity index (χ2n) is 10.5. The molecule has 2 aromatic rings. The van der Waals surface area contributed by atoms with Gasteiger partial charge in [0.2, 0.25) is 5.91 Å². The van der Waals surface area contributed by atoms with E-state index in [0.717, 1.165) is 70.7 Å². The van der Waals surface area contributed by atoms with Gasteiger partial charge < -0.3 is 19.9 Å². The summed E-state index contributed by atoms with van der Waals surface area (Å²) in [4.78, 5) is 33.1. The van der Waals surface area contributed by atoms with Crippen LogP contribution in [0.5, 0.6) is 0 Å². The van der Waals surface area contributed by atoms with Crippen molar-refractivity contribution in [1.82, 2.24) is 24.7 Å². The van der Waals surface area contributed by atoms with Gasteiger partial charge in [0.1, 0.15) is 11.5 Å². The number of carbonyl (C=O) groups excluding carboxylic acids is 2. The highest BCUT2D eigenvalue weighted by atomic mass is 16.3. The highest BCUT2D eigenvalue weighted by Crippen LogP contribution is 2.32. The molecule has 0 bridgehead atoms. The van der Waals surface area contributed by atoms with Gasteiger partial charge in [0.25, 0.3) is 5.91 Å². The number of amides is 2. The predicted molar refractivity (Wildman–Crippen MR) is 133 cm³/mol. The van der Waals surface area contributed by atoms with Crippen molar-refractivity contribution in [2.75, 3.05) is 32.7 Å². The minimum Gasteiger partial charge on any atom is -0.390 e. The Morgan fingerprint density at radius 3 is 2.63 bits per heavy atom. The summed E-state index contributed by atoms with van der Waals surface area (Å²) in [5.74, 6) is 2.11. The number of hydrogen-bond donors (Lipinski definition) is 2. The minimum absolute atomic E-state index is 0.172. The van der Waals surface area contributed by atoms with Crippen molar-refractivity contribution in [1.29, 1.82) is 0 Å². The van der Waals surface area contributed by atoms with Crippen LogP contribution in [0.4, 0.5) is 0 Å². The zero-order chi connectivity index (χ0) is 24.4. The average Bonchev–Trinajstić information content (AvgIpc) is 3.31. The Morgan fingerprint density at radius 2 is 1.86 bits per heavy atom. The number of likely N-dealkylation sites (tertiary alicyclic amines) is 1. The molecular weight excluding hydrogens is 442 g/mol. The van der Waals surface area contributed by atoms with E-state index < -0.39 is 6.10 Å². The summed E-state index contributed by atoms with van der Waals surface area (Å²) in [5.41, 5.74) is 3.14. The zero-order valence-electron chi connectivity index (χ0n) is 20.7. The molecule has 2 atom stereocenters. The number of carbonyl (C=O) groups is 2. The Balaban J connectivity index is 1.09. The van der Waals surface area contributed by atoms with Crippen LogP contribution in [0.1, 0.15) is 53.6 Å². The van der Waals surface area contributed by atoms with Gasteiger partial charge in [0.15, 0.2) is 0 Å². The highest BCUT2D eigenvalue weighted by Gasteiger charge is 2.31. The minimum atomic E-state index is -0.619. The van der Waals surface area contributed by atoms with Crippen molar-refractivity contribution < 1.29 is 14.7 Å². The van der Waals surface area contributed by atoms with Gasteiger partial charge in [0, 0.05) is 65.4 Å². The maximum Gasteiger partial charge on any atom is 0.271 e. The lowest BCUT2D eigenvalue weighted by molar-refractivity contribution is -0.130. The van der Waals surface area contributed by atoms with Crippen LogP contribution in [-0.4, -0.2) is 75.1 Å². The Kier molecular flexibility index (Phi) is 7.20. The number of hydrogen-bond acceptors (Lipinski definition) is 5. The first-order chi connectivity index (χ1) is 17.0. The number of aryl methyl sites for hydroxylation is 1. The van der Waals surface area contributed by atoms with E-state index >= 15 is 0 Å². The third-order valence-electron chi connectivity index (χ3n) is 8.09. The molecule has 0 spiro atoms. The number of imidazole rings is 1. The molecule has 4 heterocycles. The molecule has 1 unspecified atom stereocenters. The molecule has 8 nitrogen and oxygen atoms in total. The summed E-state index contributed by atoms with van der Waals surface area (Å²) in [6.45, 7) is 6.76. The lowest BCUT2D eigenvalue weighted by atomic mass is 9.80. The molecule has 0 radical (unpaired) electrons. The first-order valence-electron chi connectivity index (χ1n) is 13.0. The van der Waals surface area contributed by atoms with Crippen molar-refractivity contribution in [3.63, 3.8) is 0 Å². The monoisotopic (exact) mass is 479 g/mol. The lowest BCUT2D eigenvalue weighted by Gasteiger charge is -2.37. The van der Waals surface area contributed by atoms with Gasteiger partial charge in [-0.2, -0.15) is 0 Å². The highest BCUT2D eigenvalue weighted by molar-refractivity contribution is 5.92. The summed E-state index contributed by atoms with van der Waals surface area (Å²) in [5, 5.41) is 13.4. The summed E-state index contributed by atoms with van der Waals surface area (Å²) in [6.07, 6.45) is 6.32. The molecule has 3 aliphatic rings. The number of aliphatic hydroxyl groups excluding tert-OH is 1. The number of aliphatic hydroxyl groups is 1. The van der Waals surface area contributed by atoms with Crippen LogP contribution in [0.3, 0.4) is 0 Å². The second-order valence-corrected chi connectivity index (χ2v) is 10.5. The van der Waals surface area contributed by atoms with Crippen molar-refractivity contribution in [2.45, 2.75) is 58.2 Å². The molecule has 3 aliphatic heterocycles. The van der Waals surface area contributed by atoms with Gasteiger partial charge in [-0.05, 0) is 48.6 Å². The van der Waals surface area contributed by atoms with Crippen molar-refractivity contribution >= 4 is 11.8 Å². The molecule has 2 N–H and O–H groups in total. The summed E-state index contributed by atoms with van der Waals surface area (Å²) < 4.78 is 2.14. The molecule has 0 saturated carbocycles. The maximum absolute atomic E-state index is 12.8. The van der Waals surface area contributed by atoms with Gasteiger partial charge in [-0.1, -0.05) is 24.3 Å². The quantitative estimate of drug-likeness (QED) is 0.660. The standard InChI is InChI=1S/C27H37N5O3/c1-19(33)31-12-9-21(10-13-31)23-6-7-26-29-25(18-32(26)16-23)27(35)28-14-24(34)17-30-11-8-20-4-2-3-5-22(20)15-30/h2-5,18,21,23-24,34H,6-17H2,1H3,(H,28,35)/t23?,24-/m0/s1. The first-order valence-corrected chi connectivity index (χ1v) is 13.0. The Bertz CT molecular complexity index is 1060. The zero-order valence-corrected chi connectivity index (χ0v) is 20.7.